The van der Waals surface area contributed by atoms with Gasteiger partial charge in [0.2, 0.25) is 5.91 Å². The minimum Gasteiger partial charge on any atom is -0.464 e. The summed E-state index contributed by atoms with van der Waals surface area (Å²) >= 11 is 6.54. The molecule has 0 aromatic carbocycles. The van der Waals surface area contributed by atoms with Crippen LogP contribution in [0.2, 0.25) is 0 Å². The van der Waals surface area contributed by atoms with Crippen molar-refractivity contribution in [2.24, 2.45) is 0 Å². The third kappa shape index (κ3) is 19.0. The highest BCUT2D eigenvalue weighted by molar-refractivity contribution is 8.09. The van der Waals surface area contributed by atoms with E-state index in [9.17, 15) is 14.5 Å². The van der Waals surface area contributed by atoms with Crippen molar-refractivity contribution in [2.75, 3.05) is 32.7 Å². The van der Waals surface area contributed by atoms with Crippen molar-refractivity contribution in [1.82, 2.24) is 5.32 Å². The second kappa shape index (κ2) is 14.8. The zero-order chi connectivity index (χ0) is 20.8. The lowest BCUT2D eigenvalue weighted by Gasteiger charge is -2.21. The number of thioether (sulfide) groups is 1. The fourth-order valence-electron chi connectivity index (χ4n) is 2.17. The molecule has 0 saturated heterocycles. The van der Waals surface area contributed by atoms with Gasteiger partial charge in [0.25, 0.3) is 0 Å². The molecule has 0 aromatic heterocycles. The number of rotatable bonds is 16. The van der Waals surface area contributed by atoms with Gasteiger partial charge in [-0.1, -0.05) is 33.1 Å². The summed E-state index contributed by atoms with van der Waals surface area (Å²) in [6.07, 6.45) is 8.36. The first kappa shape index (κ1) is 26.9. The molecule has 0 aliphatic rings. The number of ether oxygens (including phenoxy) is 1. The lowest BCUT2D eigenvalue weighted by Crippen LogP contribution is -2.29. The van der Waals surface area contributed by atoms with E-state index in [1.807, 2.05) is 6.26 Å². The predicted molar refractivity (Wildman–Crippen MR) is 117 cm³/mol. The summed E-state index contributed by atoms with van der Waals surface area (Å²) in [5, 5.41) is 2.78. The van der Waals surface area contributed by atoms with Crippen molar-refractivity contribution in [3.63, 3.8) is 0 Å². The van der Waals surface area contributed by atoms with Gasteiger partial charge in [-0.15, -0.1) is 0 Å². The van der Waals surface area contributed by atoms with Gasteiger partial charge < -0.3 is 19.5 Å². The molecule has 27 heavy (non-hydrogen) atoms. The molecule has 160 valence electrons. The molecule has 6 nitrogen and oxygen atoms in total. The molecule has 1 amide bonds. The van der Waals surface area contributed by atoms with E-state index in [4.69, 9.17) is 21.1 Å². The number of esters is 1. The van der Waals surface area contributed by atoms with Crippen LogP contribution >= 0.6 is 18.3 Å². The van der Waals surface area contributed by atoms with Crippen molar-refractivity contribution in [2.45, 2.75) is 70.0 Å². The van der Waals surface area contributed by atoms with Crippen LogP contribution in [0, 0.1) is 0 Å². The Morgan fingerprint density at radius 1 is 1.11 bits per heavy atom. The monoisotopic (exact) mass is 441 g/mol. The average molecular weight is 442 g/mol. The van der Waals surface area contributed by atoms with Crippen LogP contribution < -0.4 is 5.32 Å². The third-order valence-corrected chi connectivity index (χ3v) is 6.34. The van der Waals surface area contributed by atoms with E-state index in [-0.39, 0.29) is 23.2 Å². The highest BCUT2D eigenvalue weighted by Crippen LogP contribution is 2.37. The standard InChI is InChI=1S/C18H36NO5PS2/c1-18(2,27-4)12-11-16(20)19-13-15-23-17(21)10-8-6-5-7-9-14-24-25(3,22)26/h5-15H2,1-4H3,(H,19,20)(H,22,26). The van der Waals surface area contributed by atoms with Crippen LogP contribution in [0.25, 0.3) is 0 Å². The first-order valence-corrected chi connectivity index (χ1v) is 13.8. The molecule has 0 rings (SSSR count). The molecule has 0 bridgehead atoms. The number of unbranched alkanes of at least 4 members (excludes halogenated alkanes) is 4. The summed E-state index contributed by atoms with van der Waals surface area (Å²) in [7, 11) is 0. The molecule has 0 aliphatic carbocycles. The van der Waals surface area contributed by atoms with Crippen LogP contribution in [0.5, 0.6) is 0 Å². The minimum atomic E-state index is -2.53. The summed E-state index contributed by atoms with van der Waals surface area (Å²) in [5.41, 5.74) is 0. The molecule has 0 radical (unpaired) electrons. The van der Waals surface area contributed by atoms with Crippen LogP contribution in [0.3, 0.4) is 0 Å². The van der Waals surface area contributed by atoms with Gasteiger partial charge in [0.15, 0.2) is 6.49 Å². The fraction of sp³-hybridized carbons (Fsp3) is 0.889. The van der Waals surface area contributed by atoms with Gasteiger partial charge in [-0.3, -0.25) is 9.59 Å². The van der Waals surface area contributed by atoms with E-state index >= 15 is 0 Å². The second-order valence-corrected chi connectivity index (χ2v) is 12.6. The molecular formula is C18H36NO5PS2. The molecule has 9 heteroatoms. The fourth-order valence-corrected chi connectivity index (χ4v) is 3.17. The topological polar surface area (TPSA) is 84.9 Å². The molecule has 0 aliphatic heterocycles. The molecule has 1 unspecified atom stereocenters. The van der Waals surface area contributed by atoms with E-state index in [2.05, 4.69) is 19.2 Å². The summed E-state index contributed by atoms with van der Waals surface area (Å²) in [4.78, 5) is 32.7. The van der Waals surface area contributed by atoms with Gasteiger partial charge in [-0.25, -0.2) is 0 Å². The Morgan fingerprint density at radius 3 is 2.37 bits per heavy atom. The average Bonchev–Trinajstić information content (AvgIpc) is 2.58. The Bertz CT molecular complexity index is 482. The summed E-state index contributed by atoms with van der Waals surface area (Å²) in [6.45, 7) is 4.33. The van der Waals surface area contributed by atoms with Crippen molar-refractivity contribution < 1.29 is 23.7 Å². The first-order valence-electron chi connectivity index (χ1n) is 9.48. The number of nitrogens with one attached hydrogen (secondary N) is 1. The number of hydrogen-bond acceptors (Lipinski definition) is 6. The lowest BCUT2D eigenvalue weighted by molar-refractivity contribution is -0.144. The number of amides is 1. The Labute approximate surface area is 173 Å². The zero-order valence-electron chi connectivity index (χ0n) is 17.1. The van der Waals surface area contributed by atoms with Crippen LogP contribution in [-0.4, -0.2) is 54.2 Å². The smallest absolute Gasteiger partial charge is 0.305 e. The molecule has 0 fully saturated rings. The highest BCUT2D eigenvalue weighted by Gasteiger charge is 2.17. The lowest BCUT2D eigenvalue weighted by atomic mass is 10.1. The minimum absolute atomic E-state index is 0.00292. The van der Waals surface area contributed by atoms with E-state index in [1.54, 1.807) is 18.4 Å². The molecule has 0 aromatic rings. The quantitative estimate of drug-likeness (QED) is 0.214. The van der Waals surface area contributed by atoms with E-state index in [1.165, 1.54) is 0 Å². The Morgan fingerprint density at radius 2 is 1.74 bits per heavy atom. The molecule has 0 spiro atoms. The largest absolute Gasteiger partial charge is 0.464 e. The molecule has 1 atom stereocenters. The predicted octanol–water partition coefficient (Wildman–Crippen LogP) is 3.86. The number of hydrogen-bond donors (Lipinski definition) is 2. The van der Waals surface area contributed by atoms with Gasteiger partial charge >= 0.3 is 5.97 Å². The molecular weight excluding hydrogens is 405 g/mol. The van der Waals surface area contributed by atoms with Crippen molar-refractivity contribution in [1.29, 1.82) is 0 Å². The van der Waals surface area contributed by atoms with Gasteiger partial charge in [0.05, 0.1) is 13.2 Å². The van der Waals surface area contributed by atoms with E-state index in [0.29, 0.717) is 26.0 Å². The van der Waals surface area contributed by atoms with Crippen LogP contribution in [-0.2, 0) is 30.7 Å². The van der Waals surface area contributed by atoms with Crippen LogP contribution in [0.4, 0.5) is 0 Å². The van der Waals surface area contributed by atoms with Gasteiger partial charge in [0, 0.05) is 24.3 Å². The van der Waals surface area contributed by atoms with Crippen LogP contribution in [0.15, 0.2) is 0 Å². The summed E-state index contributed by atoms with van der Waals surface area (Å²) in [5.74, 6) is -0.222. The van der Waals surface area contributed by atoms with Crippen molar-refractivity contribution in [3.05, 3.63) is 0 Å². The van der Waals surface area contributed by atoms with Gasteiger partial charge in [0.1, 0.15) is 6.61 Å². The molecule has 0 heterocycles. The number of carbonyl (C=O) groups is 2. The van der Waals surface area contributed by atoms with Crippen LogP contribution in [0.1, 0.15) is 65.2 Å². The SMILES string of the molecule is CSC(C)(C)CCC(=O)NCCOC(=O)CCCCCCCOP(C)(O)=S. The first-order chi connectivity index (χ1) is 12.6. The summed E-state index contributed by atoms with van der Waals surface area (Å²) in [6, 6.07) is 0. The Hall–Kier alpha value is -0.140. The zero-order valence-corrected chi connectivity index (χ0v) is 19.6. The normalized spacial score (nSPS) is 13.8. The highest BCUT2D eigenvalue weighted by atomic mass is 32.5. The maximum Gasteiger partial charge on any atom is 0.305 e. The Balaban J connectivity index is 3.49. The maximum atomic E-state index is 11.7. The second-order valence-electron chi connectivity index (χ2n) is 7.19. The van der Waals surface area contributed by atoms with E-state index < -0.39 is 6.49 Å². The van der Waals surface area contributed by atoms with E-state index in [0.717, 1.165) is 38.5 Å². The van der Waals surface area contributed by atoms with Crippen molar-refractivity contribution in [3.8, 4) is 0 Å². The molecule has 0 saturated carbocycles. The Kier molecular flexibility index (Phi) is 14.7. The molecule has 2 N–H and O–H groups in total. The summed E-state index contributed by atoms with van der Waals surface area (Å²) < 4.78 is 10.4. The maximum absolute atomic E-state index is 11.7. The van der Waals surface area contributed by atoms with Gasteiger partial charge in [-0.05, 0) is 37.3 Å². The number of carbonyl (C=O) groups excluding carboxylic acids is 2. The third-order valence-electron chi connectivity index (χ3n) is 4.05. The van der Waals surface area contributed by atoms with Crippen molar-refractivity contribution >= 4 is 41.9 Å². The van der Waals surface area contributed by atoms with Gasteiger partial charge in [-0.2, -0.15) is 11.8 Å².